The molecular weight excluding hydrogens is 300 g/mol. The maximum atomic E-state index is 12.7. The summed E-state index contributed by atoms with van der Waals surface area (Å²) in [6.45, 7) is 6.20. The highest BCUT2D eigenvalue weighted by molar-refractivity contribution is 5.82. The van der Waals surface area contributed by atoms with Crippen LogP contribution in [0.15, 0.2) is 54.6 Å². The van der Waals surface area contributed by atoms with E-state index in [9.17, 15) is 4.79 Å². The number of nitrogens with two attached hydrogens (primary N) is 1. The molecule has 0 aliphatic rings. The Kier molecular flexibility index (Phi) is 5.99. The van der Waals surface area contributed by atoms with Crippen molar-refractivity contribution in [3.05, 3.63) is 65.7 Å². The fourth-order valence-corrected chi connectivity index (χ4v) is 2.35. The summed E-state index contributed by atoms with van der Waals surface area (Å²) in [7, 11) is 0. The minimum atomic E-state index is -0.707. The Labute approximate surface area is 144 Å². The molecule has 1 unspecified atom stereocenters. The van der Waals surface area contributed by atoms with Gasteiger partial charge in [-0.25, -0.2) is 0 Å². The van der Waals surface area contributed by atoms with Crippen molar-refractivity contribution in [3.63, 3.8) is 0 Å². The lowest BCUT2D eigenvalue weighted by molar-refractivity contribution is -0.128. The average molecular weight is 326 g/mol. The van der Waals surface area contributed by atoms with Crippen LogP contribution < -0.4 is 15.8 Å². The van der Waals surface area contributed by atoms with Gasteiger partial charge in [0.05, 0.1) is 0 Å². The Hall–Kier alpha value is -2.33. The van der Waals surface area contributed by atoms with Gasteiger partial charge in [-0.3, -0.25) is 4.79 Å². The quantitative estimate of drug-likeness (QED) is 0.821. The molecule has 24 heavy (non-hydrogen) atoms. The van der Waals surface area contributed by atoms with Gasteiger partial charge < -0.3 is 15.8 Å². The van der Waals surface area contributed by atoms with Crippen molar-refractivity contribution < 1.29 is 9.53 Å². The smallest absolute Gasteiger partial charge is 0.265 e. The number of para-hydroxylation sites is 1. The highest BCUT2D eigenvalue weighted by atomic mass is 16.5. The highest BCUT2D eigenvalue weighted by Crippen LogP contribution is 2.26. The summed E-state index contributed by atoms with van der Waals surface area (Å²) in [4.78, 5) is 12.7. The molecule has 0 spiro atoms. The molecule has 2 aromatic rings. The van der Waals surface area contributed by atoms with Crippen LogP contribution in [-0.4, -0.2) is 18.0 Å². The number of amides is 1. The third-order valence-corrected chi connectivity index (χ3v) is 3.66. The summed E-state index contributed by atoms with van der Waals surface area (Å²) < 4.78 is 6.10. The van der Waals surface area contributed by atoms with Crippen LogP contribution in [0.2, 0.25) is 0 Å². The van der Waals surface area contributed by atoms with Crippen LogP contribution >= 0.6 is 0 Å². The van der Waals surface area contributed by atoms with Crippen LogP contribution in [0, 0.1) is 0 Å². The van der Waals surface area contributed by atoms with Gasteiger partial charge in [-0.2, -0.15) is 0 Å². The van der Waals surface area contributed by atoms with E-state index >= 15 is 0 Å². The predicted molar refractivity (Wildman–Crippen MR) is 96.9 cm³/mol. The van der Waals surface area contributed by atoms with E-state index in [0.717, 1.165) is 23.3 Å². The molecule has 2 aromatic carbocycles. The number of hydrogen-bond donors (Lipinski definition) is 2. The van der Waals surface area contributed by atoms with Crippen LogP contribution in [0.25, 0.3) is 0 Å². The minimum absolute atomic E-state index is 0.189. The first-order valence-electron chi connectivity index (χ1n) is 8.27. The number of benzene rings is 2. The van der Waals surface area contributed by atoms with Gasteiger partial charge in [0.1, 0.15) is 5.75 Å². The van der Waals surface area contributed by atoms with Crippen molar-refractivity contribution in [2.75, 3.05) is 6.54 Å². The third kappa shape index (κ3) is 5.10. The Balaban J connectivity index is 2.25. The lowest BCUT2D eigenvalue weighted by atomic mass is 10.1. The summed E-state index contributed by atoms with van der Waals surface area (Å²) in [6, 6.07) is 17.3. The second-order valence-electron chi connectivity index (χ2n) is 6.58. The number of ether oxygens (including phenoxy) is 1. The fourth-order valence-electron chi connectivity index (χ4n) is 2.35. The predicted octanol–water partition coefficient (Wildman–Crippen LogP) is 3.22. The van der Waals surface area contributed by atoms with E-state index in [-0.39, 0.29) is 5.91 Å². The van der Waals surface area contributed by atoms with Crippen molar-refractivity contribution in [2.24, 2.45) is 5.73 Å². The number of rotatable bonds is 7. The average Bonchev–Trinajstić information content (AvgIpc) is 2.58. The molecule has 0 heterocycles. The van der Waals surface area contributed by atoms with Crippen LogP contribution in [-0.2, 0) is 11.2 Å². The molecule has 0 aromatic heterocycles. The van der Waals surface area contributed by atoms with Crippen molar-refractivity contribution in [2.45, 2.75) is 38.8 Å². The molecule has 0 aliphatic heterocycles. The number of carbonyl (C=O) groups excluding carboxylic acids is 1. The van der Waals surface area contributed by atoms with E-state index in [1.54, 1.807) is 0 Å². The Morgan fingerprint density at radius 2 is 1.75 bits per heavy atom. The Morgan fingerprint density at radius 3 is 2.38 bits per heavy atom. The van der Waals surface area contributed by atoms with E-state index in [1.807, 2.05) is 68.4 Å². The van der Waals surface area contributed by atoms with Gasteiger partial charge in [0.15, 0.2) is 0 Å². The summed E-state index contributed by atoms with van der Waals surface area (Å²) in [5, 5.41) is 2.89. The molecule has 128 valence electrons. The maximum absolute atomic E-state index is 12.7. The second-order valence-corrected chi connectivity index (χ2v) is 6.58. The summed E-state index contributed by atoms with van der Waals surface area (Å²) in [6.07, 6.45) is 0.135. The van der Waals surface area contributed by atoms with Gasteiger partial charge in [0, 0.05) is 17.6 Å². The van der Waals surface area contributed by atoms with E-state index in [4.69, 9.17) is 10.5 Å². The zero-order valence-corrected chi connectivity index (χ0v) is 14.6. The minimum Gasteiger partial charge on any atom is -0.476 e. The Bertz CT molecular complexity index is 663. The highest BCUT2D eigenvalue weighted by Gasteiger charge is 2.24. The third-order valence-electron chi connectivity index (χ3n) is 3.66. The lowest BCUT2D eigenvalue weighted by Crippen LogP contribution is -2.46. The second kappa shape index (κ2) is 7.97. The number of aryl methyl sites for hydroxylation is 1. The first kappa shape index (κ1) is 18.0. The molecule has 0 saturated carbocycles. The van der Waals surface area contributed by atoms with E-state index in [0.29, 0.717) is 6.54 Å². The molecular formula is C20H26N2O2. The van der Waals surface area contributed by atoms with Gasteiger partial charge in [-0.15, -0.1) is 0 Å². The molecule has 0 radical (unpaired) electrons. The van der Waals surface area contributed by atoms with Crippen LogP contribution in [0.1, 0.15) is 38.0 Å². The van der Waals surface area contributed by atoms with Crippen LogP contribution in [0.4, 0.5) is 0 Å². The molecule has 0 fully saturated rings. The first-order chi connectivity index (χ1) is 11.4. The first-order valence-corrected chi connectivity index (χ1v) is 8.27. The van der Waals surface area contributed by atoms with Gasteiger partial charge in [0.25, 0.3) is 5.91 Å². The summed E-state index contributed by atoms with van der Waals surface area (Å²) in [5.74, 6) is 0.543. The molecule has 0 bridgehead atoms. The van der Waals surface area contributed by atoms with E-state index in [2.05, 4.69) is 12.2 Å². The largest absolute Gasteiger partial charge is 0.476 e. The number of nitrogens with one attached hydrogen (secondary N) is 1. The molecule has 4 nitrogen and oxygen atoms in total. The Morgan fingerprint density at radius 1 is 1.12 bits per heavy atom. The summed E-state index contributed by atoms with van der Waals surface area (Å²) in [5.41, 5.74) is 7.38. The molecule has 4 heteroatoms. The van der Waals surface area contributed by atoms with Crippen molar-refractivity contribution in [3.8, 4) is 5.75 Å². The SMILES string of the molecule is CCc1ccccc1OC(C(=O)NCC(C)(C)N)c1ccccc1. The van der Waals surface area contributed by atoms with Crippen molar-refractivity contribution in [1.29, 1.82) is 0 Å². The standard InChI is InChI=1S/C20H26N2O2/c1-4-15-10-8-9-13-17(15)24-18(16-11-6-5-7-12-16)19(23)22-14-20(2,3)21/h5-13,18H,4,14,21H2,1-3H3,(H,22,23). The van der Waals surface area contributed by atoms with Gasteiger partial charge >= 0.3 is 0 Å². The molecule has 3 N–H and O–H groups in total. The van der Waals surface area contributed by atoms with Crippen molar-refractivity contribution >= 4 is 5.91 Å². The molecule has 0 saturated heterocycles. The zero-order chi connectivity index (χ0) is 17.6. The monoisotopic (exact) mass is 326 g/mol. The van der Waals surface area contributed by atoms with Gasteiger partial charge in [0.2, 0.25) is 6.10 Å². The van der Waals surface area contributed by atoms with E-state index in [1.165, 1.54) is 0 Å². The maximum Gasteiger partial charge on any atom is 0.265 e. The molecule has 0 aliphatic carbocycles. The molecule has 2 rings (SSSR count). The number of carbonyl (C=O) groups is 1. The van der Waals surface area contributed by atoms with Crippen LogP contribution in [0.3, 0.4) is 0 Å². The lowest BCUT2D eigenvalue weighted by Gasteiger charge is -2.24. The van der Waals surface area contributed by atoms with Crippen molar-refractivity contribution in [1.82, 2.24) is 5.32 Å². The number of hydrogen-bond acceptors (Lipinski definition) is 3. The molecule has 1 atom stereocenters. The van der Waals surface area contributed by atoms with E-state index < -0.39 is 11.6 Å². The fraction of sp³-hybridized carbons (Fsp3) is 0.350. The topological polar surface area (TPSA) is 64.3 Å². The molecule has 1 amide bonds. The van der Waals surface area contributed by atoms with Crippen LogP contribution in [0.5, 0.6) is 5.75 Å². The normalized spacial score (nSPS) is 12.5. The van der Waals surface area contributed by atoms with Gasteiger partial charge in [-0.1, -0.05) is 55.5 Å². The zero-order valence-electron chi connectivity index (χ0n) is 14.6. The summed E-state index contributed by atoms with van der Waals surface area (Å²) >= 11 is 0. The van der Waals surface area contributed by atoms with Gasteiger partial charge in [-0.05, 0) is 31.9 Å².